The monoisotopic (exact) mass is 316 g/mol. The van der Waals surface area contributed by atoms with E-state index in [4.69, 9.17) is 0 Å². The molecule has 24 heavy (non-hydrogen) atoms. The number of benzene rings is 2. The first-order valence-corrected chi connectivity index (χ1v) is 7.99. The number of aromatic nitrogens is 1. The molecule has 2 aromatic carbocycles. The summed E-state index contributed by atoms with van der Waals surface area (Å²) in [6.45, 7) is 2.02. The Morgan fingerprint density at radius 1 is 0.875 bits per heavy atom. The molecular weight excluding hydrogens is 296 g/mol. The summed E-state index contributed by atoms with van der Waals surface area (Å²) in [4.78, 5) is 18.5. The Bertz CT molecular complexity index is 798. The van der Waals surface area contributed by atoms with Crippen molar-refractivity contribution >= 4 is 5.91 Å². The van der Waals surface area contributed by atoms with E-state index < -0.39 is 0 Å². The van der Waals surface area contributed by atoms with Gasteiger partial charge in [-0.2, -0.15) is 0 Å². The van der Waals surface area contributed by atoms with Crippen LogP contribution in [-0.4, -0.2) is 22.8 Å². The number of carbonyl (C=O) groups excluding carboxylic acids is 1. The lowest BCUT2D eigenvalue weighted by molar-refractivity contribution is 0.0742. The first-order valence-electron chi connectivity index (χ1n) is 7.99. The van der Waals surface area contributed by atoms with Gasteiger partial charge >= 0.3 is 0 Å². The van der Waals surface area contributed by atoms with Crippen LogP contribution >= 0.6 is 0 Å². The van der Waals surface area contributed by atoms with Crippen molar-refractivity contribution in [1.29, 1.82) is 0 Å². The van der Waals surface area contributed by atoms with E-state index in [1.165, 1.54) is 0 Å². The van der Waals surface area contributed by atoms with Gasteiger partial charge < -0.3 is 4.90 Å². The number of hydrogen-bond donors (Lipinski definition) is 0. The van der Waals surface area contributed by atoms with E-state index in [1.807, 2.05) is 68.6 Å². The van der Waals surface area contributed by atoms with E-state index in [1.54, 1.807) is 17.3 Å². The maximum Gasteiger partial charge on any atom is 0.254 e. The number of rotatable bonds is 4. The maximum absolute atomic E-state index is 12.7. The molecule has 0 spiro atoms. The van der Waals surface area contributed by atoms with Crippen molar-refractivity contribution < 1.29 is 4.79 Å². The van der Waals surface area contributed by atoms with E-state index in [2.05, 4.69) is 17.1 Å². The van der Waals surface area contributed by atoms with Crippen molar-refractivity contribution in [3.63, 3.8) is 0 Å². The molecule has 0 aliphatic rings. The Labute approximate surface area is 142 Å². The largest absolute Gasteiger partial charge is 0.335 e. The van der Waals surface area contributed by atoms with Crippen LogP contribution in [0.2, 0.25) is 0 Å². The highest BCUT2D eigenvalue weighted by molar-refractivity contribution is 5.94. The van der Waals surface area contributed by atoms with Crippen molar-refractivity contribution in [3.05, 3.63) is 90.3 Å². The molecule has 3 heteroatoms. The van der Waals surface area contributed by atoms with Crippen LogP contribution in [0.1, 0.15) is 28.9 Å². The quantitative estimate of drug-likeness (QED) is 0.706. The van der Waals surface area contributed by atoms with Gasteiger partial charge in [-0.3, -0.25) is 9.78 Å². The molecule has 120 valence electrons. The average molecular weight is 316 g/mol. The average Bonchev–Trinajstić information content (AvgIpc) is 2.68. The Morgan fingerprint density at radius 2 is 1.46 bits per heavy atom. The molecule has 0 N–H and O–H groups in total. The number of pyridine rings is 1. The number of amides is 1. The van der Waals surface area contributed by atoms with Crippen molar-refractivity contribution in [3.8, 4) is 11.1 Å². The van der Waals surface area contributed by atoms with Crippen molar-refractivity contribution in [1.82, 2.24) is 9.88 Å². The fourth-order valence-corrected chi connectivity index (χ4v) is 2.68. The summed E-state index contributed by atoms with van der Waals surface area (Å²) >= 11 is 0. The second-order valence-corrected chi connectivity index (χ2v) is 5.82. The SMILES string of the molecule is CC(c1ccncc1)N(C)C(=O)c1ccc(-c2ccccc2)cc1. The van der Waals surface area contributed by atoms with Gasteiger partial charge in [0, 0.05) is 25.0 Å². The highest BCUT2D eigenvalue weighted by Gasteiger charge is 2.18. The lowest BCUT2D eigenvalue weighted by Crippen LogP contribution is -2.29. The predicted octanol–water partition coefficient (Wildman–Crippen LogP) is 4.58. The van der Waals surface area contributed by atoms with Crippen LogP contribution < -0.4 is 0 Å². The van der Waals surface area contributed by atoms with Crippen molar-refractivity contribution in [2.45, 2.75) is 13.0 Å². The number of nitrogens with zero attached hydrogens (tertiary/aromatic N) is 2. The first kappa shape index (κ1) is 15.9. The highest BCUT2D eigenvalue weighted by Crippen LogP contribution is 2.22. The van der Waals surface area contributed by atoms with Crippen LogP contribution in [0.25, 0.3) is 11.1 Å². The minimum atomic E-state index is -0.00528. The standard InChI is InChI=1S/C21H20N2O/c1-16(17-12-14-22-15-13-17)23(2)21(24)20-10-8-19(9-11-20)18-6-4-3-5-7-18/h3-16H,1-2H3. The van der Waals surface area contributed by atoms with E-state index in [9.17, 15) is 4.79 Å². The minimum absolute atomic E-state index is 0.00528. The van der Waals surface area contributed by atoms with Crippen molar-refractivity contribution in [2.75, 3.05) is 7.05 Å². The van der Waals surface area contributed by atoms with E-state index in [0.29, 0.717) is 5.56 Å². The molecule has 0 aliphatic carbocycles. The zero-order valence-electron chi connectivity index (χ0n) is 13.9. The lowest BCUT2D eigenvalue weighted by Gasteiger charge is -2.25. The Hall–Kier alpha value is -2.94. The molecule has 3 rings (SSSR count). The van der Waals surface area contributed by atoms with Crippen LogP contribution in [0.5, 0.6) is 0 Å². The second-order valence-electron chi connectivity index (χ2n) is 5.82. The Balaban J connectivity index is 1.77. The van der Waals surface area contributed by atoms with Gasteiger partial charge in [0.2, 0.25) is 0 Å². The third-order valence-electron chi connectivity index (χ3n) is 4.33. The van der Waals surface area contributed by atoms with Gasteiger partial charge in [0.25, 0.3) is 5.91 Å². The van der Waals surface area contributed by atoms with Gasteiger partial charge in [0.1, 0.15) is 0 Å². The Morgan fingerprint density at radius 3 is 2.08 bits per heavy atom. The smallest absolute Gasteiger partial charge is 0.254 e. The minimum Gasteiger partial charge on any atom is -0.335 e. The van der Waals surface area contributed by atoms with Gasteiger partial charge in [0.05, 0.1) is 6.04 Å². The topological polar surface area (TPSA) is 33.2 Å². The summed E-state index contributed by atoms with van der Waals surface area (Å²) in [5.74, 6) is 0.0129. The van der Waals surface area contributed by atoms with Gasteiger partial charge in [-0.05, 0) is 47.9 Å². The molecule has 0 saturated heterocycles. The summed E-state index contributed by atoms with van der Waals surface area (Å²) in [5.41, 5.74) is 4.02. The molecular formula is C21H20N2O. The van der Waals surface area contributed by atoms with Crippen LogP contribution in [0.15, 0.2) is 79.1 Å². The summed E-state index contributed by atoms with van der Waals surface area (Å²) < 4.78 is 0. The number of carbonyl (C=O) groups is 1. The van der Waals surface area contributed by atoms with Crippen LogP contribution in [0, 0.1) is 0 Å². The van der Waals surface area contributed by atoms with Gasteiger partial charge in [0.15, 0.2) is 0 Å². The molecule has 1 amide bonds. The molecule has 0 fully saturated rings. The summed E-state index contributed by atoms with van der Waals surface area (Å²) in [5, 5.41) is 0. The van der Waals surface area contributed by atoms with Crippen LogP contribution in [0.3, 0.4) is 0 Å². The molecule has 1 aromatic heterocycles. The van der Waals surface area contributed by atoms with E-state index in [-0.39, 0.29) is 11.9 Å². The van der Waals surface area contributed by atoms with Crippen molar-refractivity contribution in [2.24, 2.45) is 0 Å². The molecule has 0 radical (unpaired) electrons. The second kappa shape index (κ2) is 7.09. The molecule has 1 heterocycles. The molecule has 1 atom stereocenters. The van der Waals surface area contributed by atoms with Crippen LogP contribution in [-0.2, 0) is 0 Å². The molecule has 0 bridgehead atoms. The maximum atomic E-state index is 12.7. The number of hydrogen-bond acceptors (Lipinski definition) is 2. The van der Waals surface area contributed by atoms with Crippen LogP contribution in [0.4, 0.5) is 0 Å². The zero-order chi connectivity index (χ0) is 16.9. The molecule has 3 nitrogen and oxygen atoms in total. The van der Waals surface area contributed by atoms with E-state index >= 15 is 0 Å². The lowest BCUT2D eigenvalue weighted by atomic mass is 10.0. The summed E-state index contributed by atoms with van der Waals surface area (Å²) in [6, 6.07) is 21.8. The fourth-order valence-electron chi connectivity index (χ4n) is 2.68. The Kier molecular flexibility index (Phi) is 4.71. The summed E-state index contributed by atoms with van der Waals surface area (Å²) in [6.07, 6.45) is 3.50. The zero-order valence-corrected chi connectivity index (χ0v) is 13.9. The third kappa shape index (κ3) is 3.35. The molecule has 1 unspecified atom stereocenters. The first-order chi connectivity index (χ1) is 11.7. The molecule has 0 saturated carbocycles. The van der Waals surface area contributed by atoms with Gasteiger partial charge in [-0.1, -0.05) is 42.5 Å². The normalized spacial score (nSPS) is 11.8. The molecule has 0 aliphatic heterocycles. The fraction of sp³-hybridized carbons (Fsp3) is 0.143. The highest BCUT2D eigenvalue weighted by atomic mass is 16.2. The summed E-state index contributed by atoms with van der Waals surface area (Å²) in [7, 11) is 1.83. The van der Waals surface area contributed by atoms with Gasteiger partial charge in [-0.25, -0.2) is 0 Å². The predicted molar refractivity (Wildman–Crippen MR) is 96.6 cm³/mol. The molecule has 3 aromatic rings. The van der Waals surface area contributed by atoms with E-state index in [0.717, 1.165) is 16.7 Å². The third-order valence-corrected chi connectivity index (χ3v) is 4.33. The van der Waals surface area contributed by atoms with Gasteiger partial charge in [-0.15, -0.1) is 0 Å².